The first-order chi connectivity index (χ1) is 12.9. The van der Waals surface area contributed by atoms with Crippen molar-refractivity contribution in [1.29, 1.82) is 0 Å². The minimum Gasteiger partial charge on any atom is -0.493 e. The Morgan fingerprint density at radius 2 is 1.78 bits per heavy atom. The van der Waals surface area contributed by atoms with E-state index in [2.05, 4.69) is 15.3 Å². The van der Waals surface area contributed by atoms with Crippen molar-refractivity contribution in [2.75, 3.05) is 25.1 Å². The summed E-state index contributed by atoms with van der Waals surface area (Å²) in [5.41, 5.74) is 1.86. The van der Waals surface area contributed by atoms with Crippen LogP contribution in [-0.4, -0.2) is 36.1 Å². The predicted octanol–water partition coefficient (Wildman–Crippen LogP) is 4.33. The van der Waals surface area contributed by atoms with Gasteiger partial charge in [0.1, 0.15) is 17.9 Å². The largest absolute Gasteiger partial charge is 0.493 e. The molecule has 0 unspecified atom stereocenters. The molecule has 1 saturated heterocycles. The van der Waals surface area contributed by atoms with Gasteiger partial charge in [0.15, 0.2) is 6.29 Å². The first-order valence-electron chi connectivity index (χ1n) is 8.81. The van der Waals surface area contributed by atoms with Crippen molar-refractivity contribution < 1.29 is 14.2 Å². The molecule has 2 heterocycles. The van der Waals surface area contributed by atoms with Gasteiger partial charge < -0.3 is 19.5 Å². The molecule has 0 spiro atoms. The molecule has 2 aromatic carbocycles. The van der Waals surface area contributed by atoms with Gasteiger partial charge >= 0.3 is 0 Å². The topological polar surface area (TPSA) is 65.5 Å². The van der Waals surface area contributed by atoms with Gasteiger partial charge in [-0.1, -0.05) is 12.1 Å². The summed E-state index contributed by atoms with van der Waals surface area (Å²) in [5, 5.41) is 4.32. The van der Waals surface area contributed by atoms with E-state index in [1.165, 1.54) is 0 Å². The van der Waals surface area contributed by atoms with Crippen LogP contribution in [0.4, 0.5) is 11.5 Å². The van der Waals surface area contributed by atoms with Gasteiger partial charge in [-0.25, -0.2) is 9.97 Å². The second-order valence-corrected chi connectivity index (χ2v) is 6.05. The van der Waals surface area contributed by atoms with E-state index in [-0.39, 0.29) is 18.7 Å². The van der Waals surface area contributed by atoms with E-state index in [1.807, 2.05) is 48.5 Å². The van der Waals surface area contributed by atoms with Crippen LogP contribution in [-0.2, 0) is 9.47 Å². The van der Waals surface area contributed by atoms with Crippen LogP contribution in [0, 0.1) is 0 Å². The molecule has 1 aromatic heterocycles. The highest BCUT2D eigenvalue weighted by Crippen LogP contribution is 2.24. The molecule has 1 aliphatic heterocycles. The summed E-state index contributed by atoms with van der Waals surface area (Å²) in [6.07, 6.45) is 3.12. The number of nitrogens with one attached hydrogen (secondary N) is 1. The van der Waals surface area contributed by atoms with E-state index in [4.69, 9.17) is 14.2 Å². The van der Waals surface area contributed by atoms with Crippen molar-refractivity contribution in [3.8, 4) is 5.75 Å². The lowest BCUT2D eigenvalue weighted by Gasteiger charge is -2.23. The highest BCUT2D eigenvalue weighted by molar-refractivity contribution is 5.90. The van der Waals surface area contributed by atoms with Crippen molar-refractivity contribution in [3.63, 3.8) is 0 Å². The molecule has 4 rings (SSSR count). The predicted molar refractivity (Wildman–Crippen MR) is 107 cm³/mol. The van der Waals surface area contributed by atoms with E-state index in [1.54, 1.807) is 6.33 Å². The third-order valence-corrected chi connectivity index (χ3v) is 4.18. The Hall–Kier alpha value is -2.41. The second kappa shape index (κ2) is 9.50. The van der Waals surface area contributed by atoms with E-state index in [9.17, 15) is 0 Å². The third-order valence-electron chi connectivity index (χ3n) is 4.18. The minimum absolute atomic E-state index is 0. The number of para-hydroxylation sites is 1. The Morgan fingerprint density at radius 1 is 1.00 bits per heavy atom. The van der Waals surface area contributed by atoms with Crippen LogP contribution in [0.3, 0.4) is 0 Å². The molecule has 1 N–H and O–H groups in total. The number of fused-ring (bicyclic) bond motifs is 1. The summed E-state index contributed by atoms with van der Waals surface area (Å²) >= 11 is 0. The molecule has 7 heteroatoms. The van der Waals surface area contributed by atoms with Gasteiger partial charge in [-0.15, -0.1) is 12.4 Å². The number of rotatable bonds is 6. The lowest BCUT2D eigenvalue weighted by atomic mass is 10.2. The Balaban J connectivity index is 0.00000210. The van der Waals surface area contributed by atoms with Gasteiger partial charge in [0.25, 0.3) is 0 Å². The summed E-state index contributed by atoms with van der Waals surface area (Å²) in [5.74, 6) is 1.61. The molecule has 0 bridgehead atoms. The molecule has 27 heavy (non-hydrogen) atoms. The van der Waals surface area contributed by atoms with E-state index in [0.717, 1.165) is 54.2 Å². The molecule has 3 aromatic rings. The Kier molecular flexibility index (Phi) is 6.81. The van der Waals surface area contributed by atoms with Crippen LogP contribution in [0.25, 0.3) is 10.9 Å². The van der Waals surface area contributed by atoms with Gasteiger partial charge in [-0.05, 0) is 42.8 Å². The number of aromatic nitrogens is 2. The average molecular weight is 388 g/mol. The molecule has 6 nitrogen and oxygen atoms in total. The maximum absolute atomic E-state index is 5.77. The van der Waals surface area contributed by atoms with Crippen LogP contribution < -0.4 is 10.1 Å². The number of benzene rings is 2. The first-order valence-corrected chi connectivity index (χ1v) is 8.81. The molecule has 1 fully saturated rings. The summed E-state index contributed by atoms with van der Waals surface area (Å²) in [4.78, 5) is 8.62. The van der Waals surface area contributed by atoms with Crippen molar-refractivity contribution in [2.45, 2.75) is 19.1 Å². The van der Waals surface area contributed by atoms with Gasteiger partial charge in [0, 0.05) is 17.5 Å². The van der Waals surface area contributed by atoms with Crippen molar-refractivity contribution in [1.82, 2.24) is 9.97 Å². The van der Waals surface area contributed by atoms with Crippen LogP contribution in [0.2, 0.25) is 0 Å². The number of halogens is 1. The Morgan fingerprint density at radius 3 is 2.59 bits per heavy atom. The zero-order valence-corrected chi connectivity index (χ0v) is 15.7. The standard InChI is InChI=1S/C20H21N3O3.ClH/c1-2-5-18-17(4-1)20(22-14-21-18)23-15-6-8-16(9-7-15)24-13-10-19-25-11-3-12-26-19;/h1-2,4-9,14,19H,3,10-13H2,(H,21,22,23);1H. The summed E-state index contributed by atoms with van der Waals surface area (Å²) < 4.78 is 16.8. The van der Waals surface area contributed by atoms with Crippen LogP contribution in [0.15, 0.2) is 54.9 Å². The smallest absolute Gasteiger partial charge is 0.160 e. The van der Waals surface area contributed by atoms with Crippen LogP contribution in [0.5, 0.6) is 5.75 Å². The summed E-state index contributed by atoms with van der Waals surface area (Å²) in [6, 6.07) is 15.7. The zero-order valence-electron chi connectivity index (χ0n) is 14.8. The Bertz CT molecular complexity index is 849. The van der Waals surface area contributed by atoms with Crippen LogP contribution in [0.1, 0.15) is 12.8 Å². The second-order valence-electron chi connectivity index (χ2n) is 6.05. The molecule has 0 amide bonds. The normalized spacial score (nSPS) is 14.5. The first kappa shape index (κ1) is 19.4. The number of nitrogens with zero attached hydrogens (tertiary/aromatic N) is 2. The highest BCUT2D eigenvalue weighted by Gasteiger charge is 2.13. The number of ether oxygens (including phenoxy) is 3. The quantitative estimate of drug-likeness (QED) is 0.679. The fraction of sp³-hybridized carbons (Fsp3) is 0.300. The number of anilines is 2. The van der Waals surface area contributed by atoms with Gasteiger partial charge in [-0.3, -0.25) is 0 Å². The van der Waals surface area contributed by atoms with Crippen LogP contribution >= 0.6 is 12.4 Å². The monoisotopic (exact) mass is 387 g/mol. The SMILES string of the molecule is Cl.c1ccc2c(Nc3ccc(OCCC4OCCCO4)cc3)ncnc2c1. The molecule has 0 atom stereocenters. The summed E-state index contributed by atoms with van der Waals surface area (Å²) in [7, 11) is 0. The maximum atomic E-state index is 5.77. The Labute approximate surface area is 164 Å². The fourth-order valence-corrected chi connectivity index (χ4v) is 2.85. The maximum Gasteiger partial charge on any atom is 0.160 e. The fourth-order valence-electron chi connectivity index (χ4n) is 2.85. The van der Waals surface area contributed by atoms with Gasteiger partial charge in [-0.2, -0.15) is 0 Å². The molecule has 0 saturated carbocycles. The van der Waals surface area contributed by atoms with Gasteiger partial charge in [0.05, 0.1) is 25.3 Å². The minimum atomic E-state index is -0.143. The molecule has 0 aliphatic carbocycles. The molecule has 1 aliphatic rings. The lowest BCUT2D eigenvalue weighted by molar-refractivity contribution is -0.183. The van der Waals surface area contributed by atoms with Crippen molar-refractivity contribution >= 4 is 34.8 Å². The molecular weight excluding hydrogens is 366 g/mol. The van der Waals surface area contributed by atoms with E-state index >= 15 is 0 Å². The lowest BCUT2D eigenvalue weighted by Crippen LogP contribution is -2.26. The van der Waals surface area contributed by atoms with Crippen molar-refractivity contribution in [3.05, 3.63) is 54.9 Å². The van der Waals surface area contributed by atoms with E-state index in [0.29, 0.717) is 6.61 Å². The van der Waals surface area contributed by atoms with Gasteiger partial charge in [0.2, 0.25) is 0 Å². The molecular formula is C20H22ClN3O3. The highest BCUT2D eigenvalue weighted by atomic mass is 35.5. The summed E-state index contributed by atoms with van der Waals surface area (Å²) in [6.45, 7) is 2.10. The molecule has 0 radical (unpaired) electrons. The van der Waals surface area contributed by atoms with Crippen molar-refractivity contribution in [2.24, 2.45) is 0 Å². The van der Waals surface area contributed by atoms with E-state index < -0.39 is 0 Å². The third kappa shape index (κ3) is 5.07. The molecule has 142 valence electrons. The zero-order chi connectivity index (χ0) is 17.6. The number of hydrogen-bond donors (Lipinski definition) is 1. The average Bonchev–Trinajstić information content (AvgIpc) is 2.70. The number of hydrogen-bond acceptors (Lipinski definition) is 6.